The Labute approximate surface area is 589 Å². The molecule has 6 rings (SSSR count). The third-order valence-corrected chi connectivity index (χ3v) is 21.4. The lowest BCUT2D eigenvalue weighted by Crippen LogP contribution is -2.63. The second-order valence-electron chi connectivity index (χ2n) is 26.5. The van der Waals surface area contributed by atoms with E-state index in [0.717, 1.165) is 89.9 Å². The molecule has 3 aliphatic heterocycles. The molecule has 0 spiro atoms. The zero-order valence-electron chi connectivity index (χ0n) is 59.7. The van der Waals surface area contributed by atoms with Gasteiger partial charge in [-0.25, -0.2) is 9.13 Å². The predicted octanol–water partition coefficient (Wildman–Crippen LogP) is 22.0. The summed E-state index contributed by atoms with van der Waals surface area (Å²) in [4.78, 5) is 0. The van der Waals surface area contributed by atoms with Crippen LogP contribution >= 0.6 is 27.2 Å². The minimum Gasteiger partial charge on any atom is -0.462 e. The smallest absolute Gasteiger partial charge is 0.462 e. The minimum atomic E-state index is -4.98. The second-order valence-corrected chi connectivity index (χ2v) is 30.1. The van der Waals surface area contributed by atoms with E-state index in [-0.39, 0.29) is 37.0 Å². The SMILES string of the molecule is CCCCCCCCCCCO[C@@H]1[C@@H](OCCCCCCCCCCC)[C@H](Oc2ccccc2)O[C@@H]2COP(=O)(Oc3ccccc3Cl)O[C@H]3[C@H](OCCCCCCCCCCC)[C@@H](OCCCCCCCCCCC)[C@H](Oc4ccccc4)O[C@@H]3COP(=O)(OCCC#N)O[C@@H]12. The monoisotopic (exact) mass is 1420 g/mol. The number of hydrogen-bond donors (Lipinski definition) is 0. The van der Waals surface area contributed by atoms with Gasteiger partial charge in [0.2, 0.25) is 12.6 Å². The van der Waals surface area contributed by atoms with Crippen molar-refractivity contribution in [1.82, 2.24) is 0 Å². The summed E-state index contributed by atoms with van der Waals surface area (Å²) in [5.41, 5.74) is 0. The molecule has 550 valence electrons. The molecule has 2 unspecified atom stereocenters. The summed E-state index contributed by atoms with van der Waals surface area (Å²) >= 11 is 6.87. The summed E-state index contributed by atoms with van der Waals surface area (Å²) in [6.07, 6.45) is 27.7. The van der Waals surface area contributed by atoms with Crippen LogP contribution in [0.4, 0.5) is 0 Å². The van der Waals surface area contributed by atoms with Gasteiger partial charge in [-0.2, -0.15) is 5.26 Å². The second kappa shape index (κ2) is 51.1. The van der Waals surface area contributed by atoms with Crippen molar-refractivity contribution in [2.24, 2.45) is 0 Å². The van der Waals surface area contributed by atoms with Crippen LogP contribution in [0.3, 0.4) is 0 Å². The number of phosphoric acid groups is 2. The standard InChI is InChI=1S/C77H124ClNO16P2/c1-5-9-13-17-21-25-29-33-45-57-82-72-70-69(92-76(89-64-50-39-37-40-51-64)74(72)84-59-47-35-31-27-23-19-15-11-7-3)63-88-97(81,93-67-55-44-43-54-66(67)78)95-71-68(62-87-96(80,94-70)86-61-49-56-79)91-77(90-65-52-41-38-42-53-65)75(85-60-48-36-32-28-24-20-16-12-8-4)73(71)83-58-46-34-30-26-22-18-14-10-6-2/h37-44,50-55,68-77H,5-36,45-49,57-63H2,1-4H3/t68-,69-,70-,71-,72+,73+,74-,75-,76-,77-,96?,97?/m1/s1. The van der Waals surface area contributed by atoms with Gasteiger partial charge in [-0.3, -0.25) is 22.6 Å². The molecule has 0 aliphatic carbocycles. The Kier molecular flexibility index (Phi) is 43.6. The Hall–Kier alpha value is -3.14. The highest BCUT2D eigenvalue weighted by atomic mass is 35.5. The Bertz CT molecular complexity index is 2530. The Morgan fingerprint density at radius 3 is 1.09 bits per heavy atom. The van der Waals surface area contributed by atoms with Crippen molar-refractivity contribution in [1.29, 1.82) is 5.26 Å². The van der Waals surface area contributed by atoms with Crippen LogP contribution in [-0.2, 0) is 60.2 Å². The number of nitriles is 1. The first-order valence-electron chi connectivity index (χ1n) is 38.1. The average molecular weight is 1420 g/mol. The molecule has 17 nitrogen and oxygen atoms in total. The molecule has 0 radical (unpaired) electrons. The van der Waals surface area contributed by atoms with E-state index in [1.54, 1.807) is 24.3 Å². The van der Waals surface area contributed by atoms with Crippen LogP contribution in [0.1, 0.15) is 265 Å². The molecule has 0 saturated carbocycles. The zero-order chi connectivity index (χ0) is 68.7. The summed E-state index contributed by atoms with van der Waals surface area (Å²) in [5.74, 6) is 0.993. The van der Waals surface area contributed by atoms with E-state index in [2.05, 4.69) is 33.8 Å². The lowest BCUT2D eigenvalue weighted by atomic mass is 9.98. The fraction of sp³-hybridized carbons (Fsp3) is 0.753. The Morgan fingerprint density at radius 1 is 0.412 bits per heavy atom. The molecular formula is C77H124ClNO16P2. The third-order valence-electron chi connectivity index (χ3n) is 18.2. The number of rotatable bonds is 53. The maximum Gasteiger partial charge on any atom is 0.530 e. The predicted molar refractivity (Wildman–Crippen MR) is 384 cm³/mol. The summed E-state index contributed by atoms with van der Waals surface area (Å²) < 4.78 is 128. The highest BCUT2D eigenvalue weighted by Gasteiger charge is 2.57. The molecular weight excluding hydrogens is 1290 g/mol. The summed E-state index contributed by atoms with van der Waals surface area (Å²) in [5, 5.41) is 10.0. The highest BCUT2D eigenvalue weighted by molar-refractivity contribution is 7.49. The van der Waals surface area contributed by atoms with E-state index in [0.29, 0.717) is 37.6 Å². The molecule has 0 amide bonds. The quantitative estimate of drug-likeness (QED) is 0.0383. The van der Waals surface area contributed by atoms with Crippen LogP contribution in [-0.4, -0.2) is 108 Å². The highest BCUT2D eigenvalue weighted by Crippen LogP contribution is 2.58. The summed E-state index contributed by atoms with van der Waals surface area (Å²) in [7, 11) is -9.83. The van der Waals surface area contributed by atoms with Gasteiger partial charge in [0.15, 0.2) is 0 Å². The van der Waals surface area contributed by atoms with E-state index in [4.69, 9.17) is 76.6 Å². The van der Waals surface area contributed by atoms with Gasteiger partial charge < -0.3 is 42.4 Å². The maximum absolute atomic E-state index is 16.4. The molecule has 3 aromatic carbocycles. The number of benzene rings is 3. The van der Waals surface area contributed by atoms with Crippen molar-refractivity contribution in [3.63, 3.8) is 0 Å². The third kappa shape index (κ3) is 32.8. The van der Waals surface area contributed by atoms with Crippen molar-refractivity contribution in [2.45, 2.75) is 327 Å². The van der Waals surface area contributed by atoms with Crippen molar-refractivity contribution < 1.29 is 74.2 Å². The molecule has 3 saturated heterocycles. The molecule has 3 fully saturated rings. The van der Waals surface area contributed by atoms with Crippen LogP contribution in [0, 0.1) is 11.3 Å². The number of hydrogen-bond acceptors (Lipinski definition) is 17. The van der Waals surface area contributed by atoms with Crippen molar-refractivity contribution in [3.05, 3.63) is 90.0 Å². The number of halogens is 1. The van der Waals surface area contributed by atoms with Gasteiger partial charge in [-0.15, -0.1) is 0 Å². The first kappa shape index (κ1) is 82.8. The van der Waals surface area contributed by atoms with Crippen LogP contribution in [0.2, 0.25) is 5.02 Å². The van der Waals surface area contributed by atoms with Crippen molar-refractivity contribution in [2.75, 3.05) is 46.2 Å². The van der Waals surface area contributed by atoms with Gasteiger partial charge in [-0.1, -0.05) is 293 Å². The lowest BCUT2D eigenvalue weighted by molar-refractivity contribution is -0.299. The number of phosphoric ester groups is 2. The number of fused-ring (bicyclic) bond motifs is 2. The Morgan fingerprint density at radius 2 is 0.732 bits per heavy atom. The Balaban J connectivity index is 1.41. The molecule has 0 N–H and O–H groups in total. The van der Waals surface area contributed by atoms with Crippen LogP contribution in [0.5, 0.6) is 17.2 Å². The molecule has 3 aliphatic rings. The summed E-state index contributed by atoms with van der Waals surface area (Å²) in [6.45, 7) is 8.63. The van der Waals surface area contributed by atoms with E-state index >= 15 is 9.13 Å². The number of unbranched alkanes of at least 4 members (excludes halogenated alkanes) is 32. The molecule has 0 aromatic heterocycles. The van der Waals surface area contributed by atoms with E-state index < -0.39 is 90.3 Å². The van der Waals surface area contributed by atoms with E-state index in [1.165, 1.54) is 128 Å². The topological polar surface area (TPSA) is 187 Å². The van der Waals surface area contributed by atoms with Gasteiger partial charge in [0, 0.05) is 26.4 Å². The first-order valence-corrected chi connectivity index (χ1v) is 41.4. The van der Waals surface area contributed by atoms with Gasteiger partial charge in [0.05, 0.1) is 37.3 Å². The number of para-hydroxylation sites is 3. The number of nitrogens with zero attached hydrogens (tertiary/aromatic N) is 1. The molecule has 3 heterocycles. The molecule has 97 heavy (non-hydrogen) atoms. The van der Waals surface area contributed by atoms with Crippen LogP contribution in [0.25, 0.3) is 0 Å². The first-order chi connectivity index (χ1) is 47.6. The fourth-order valence-electron chi connectivity index (χ4n) is 12.6. The van der Waals surface area contributed by atoms with Crippen LogP contribution in [0.15, 0.2) is 84.9 Å². The molecule has 12 atom stereocenters. The molecule has 0 bridgehead atoms. The zero-order valence-corrected chi connectivity index (χ0v) is 62.3. The maximum atomic E-state index is 16.4. The van der Waals surface area contributed by atoms with Gasteiger partial charge >= 0.3 is 15.6 Å². The molecule has 3 aromatic rings. The van der Waals surface area contributed by atoms with Gasteiger partial charge in [0.1, 0.15) is 66.1 Å². The van der Waals surface area contributed by atoms with Gasteiger partial charge in [0.25, 0.3) is 0 Å². The molecule has 20 heteroatoms. The fourth-order valence-corrected chi connectivity index (χ4v) is 15.7. The average Bonchev–Trinajstić information content (AvgIpc) is 0.778. The number of ether oxygens (including phenoxy) is 8. The van der Waals surface area contributed by atoms with Crippen molar-refractivity contribution >= 4 is 27.2 Å². The van der Waals surface area contributed by atoms with E-state index in [9.17, 15) is 5.26 Å². The lowest BCUT2D eigenvalue weighted by Gasteiger charge is -2.47. The largest absolute Gasteiger partial charge is 0.530 e. The van der Waals surface area contributed by atoms with Gasteiger partial charge in [-0.05, 0) is 62.1 Å². The normalized spacial score (nSPS) is 25.3. The van der Waals surface area contributed by atoms with Crippen LogP contribution < -0.4 is 14.0 Å². The summed E-state index contributed by atoms with van der Waals surface area (Å²) in [6, 6.07) is 27.3. The van der Waals surface area contributed by atoms with Crippen molar-refractivity contribution in [3.8, 4) is 23.3 Å². The minimum absolute atomic E-state index is 0.0184. The van der Waals surface area contributed by atoms with E-state index in [1.807, 2.05) is 60.7 Å².